The molecule has 0 radical (unpaired) electrons. The third kappa shape index (κ3) is 8.28. The van der Waals surface area contributed by atoms with Gasteiger partial charge >= 0.3 is 6.03 Å². The number of hydrogen-bond acceptors (Lipinski definition) is 6. The van der Waals surface area contributed by atoms with Crippen LogP contribution in [0, 0.1) is 0 Å². The standard InChI is InChI=1S/C27H33N3O5S/c1-33-13-8-12-29(27(32)28-22-15-23(34-2)17-24(16-22)35-3)20-26(31)30(19-25-11-7-14-36-25)18-21-9-5-4-6-10-21/h4-7,9-11,14-17H,8,12-13,18-20H2,1-3H3,(H,28,32). The van der Waals surface area contributed by atoms with Crippen molar-refractivity contribution in [1.29, 1.82) is 0 Å². The zero-order valence-corrected chi connectivity index (χ0v) is 21.8. The highest BCUT2D eigenvalue weighted by Gasteiger charge is 2.22. The lowest BCUT2D eigenvalue weighted by Gasteiger charge is -2.28. The van der Waals surface area contributed by atoms with Gasteiger partial charge in [0.25, 0.3) is 0 Å². The molecule has 0 saturated heterocycles. The van der Waals surface area contributed by atoms with Crippen LogP contribution in [0.25, 0.3) is 0 Å². The molecule has 0 bridgehead atoms. The maximum Gasteiger partial charge on any atom is 0.322 e. The topological polar surface area (TPSA) is 80.3 Å². The van der Waals surface area contributed by atoms with Crippen molar-refractivity contribution in [3.8, 4) is 11.5 Å². The van der Waals surface area contributed by atoms with Gasteiger partial charge in [0.15, 0.2) is 0 Å². The number of carbonyl (C=O) groups is 2. The van der Waals surface area contributed by atoms with Crippen molar-refractivity contribution >= 4 is 29.0 Å². The lowest BCUT2D eigenvalue weighted by molar-refractivity contribution is -0.133. The number of hydrogen-bond donors (Lipinski definition) is 1. The number of nitrogens with one attached hydrogen (secondary N) is 1. The van der Waals surface area contributed by atoms with Crippen LogP contribution in [-0.4, -0.2) is 62.8 Å². The Balaban J connectivity index is 1.77. The predicted molar refractivity (Wildman–Crippen MR) is 142 cm³/mol. The molecule has 2 aromatic carbocycles. The zero-order chi connectivity index (χ0) is 25.8. The summed E-state index contributed by atoms with van der Waals surface area (Å²) in [5.74, 6) is 0.969. The van der Waals surface area contributed by atoms with E-state index in [4.69, 9.17) is 14.2 Å². The number of amides is 3. The quantitative estimate of drug-likeness (QED) is 0.332. The number of rotatable bonds is 13. The molecule has 192 valence electrons. The molecule has 3 amide bonds. The summed E-state index contributed by atoms with van der Waals surface area (Å²) in [6, 6.07) is 18.6. The fourth-order valence-electron chi connectivity index (χ4n) is 3.62. The lowest BCUT2D eigenvalue weighted by atomic mass is 10.2. The van der Waals surface area contributed by atoms with Crippen molar-refractivity contribution < 1.29 is 23.8 Å². The molecule has 9 heteroatoms. The summed E-state index contributed by atoms with van der Waals surface area (Å²) in [5.41, 5.74) is 1.54. The molecule has 0 aliphatic carbocycles. The number of methoxy groups -OCH3 is 3. The predicted octanol–water partition coefficient (Wildman–Crippen LogP) is 4.86. The zero-order valence-electron chi connectivity index (χ0n) is 20.9. The molecule has 3 rings (SSSR count). The molecule has 0 unspecified atom stereocenters. The number of nitrogens with zero attached hydrogens (tertiary/aromatic N) is 2. The second-order valence-electron chi connectivity index (χ2n) is 8.11. The first-order valence-electron chi connectivity index (χ1n) is 11.6. The minimum absolute atomic E-state index is 0.0607. The van der Waals surface area contributed by atoms with Crippen LogP contribution in [0.15, 0.2) is 66.0 Å². The monoisotopic (exact) mass is 511 g/mol. The Hall–Kier alpha value is -3.56. The van der Waals surface area contributed by atoms with Crippen LogP contribution in [0.5, 0.6) is 11.5 Å². The van der Waals surface area contributed by atoms with Gasteiger partial charge < -0.3 is 29.3 Å². The van der Waals surface area contributed by atoms with Gasteiger partial charge in [-0.3, -0.25) is 4.79 Å². The van der Waals surface area contributed by atoms with Crippen LogP contribution in [0.3, 0.4) is 0 Å². The summed E-state index contributed by atoms with van der Waals surface area (Å²) < 4.78 is 15.8. The normalized spacial score (nSPS) is 10.5. The second kappa shape index (κ2) is 14.1. The van der Waals surface area contributed by atoms with Crippen LogP contribution in [0.1, 0.15) is 16.9 Å². The third-order valence-corrected chi connectivity index (χ3v) is 6.35. The minimum Gasteiger partial charge on any atom is -0.497 e. The molecule has 0 aliphatic heterocycles. The Kier molecular flexibility index (Phi) is 10.6. The number of thiophene rings is 1. The number of benzene rings is 2. The summed E-state index contributed by atoms with van der Waals surface area (Å²) in [5, 5.41) is 4.87. The van der Waals surface area contributed by atoms with Crippen LogP contribution in [0.2, 0.25) is 0 Å². The van der Waals surface area contributed by atoms with E-state index in [0.717, 1.165) is 10.4 Å². The fraction of sp³-hybridized carbons (Fsp3) is 0.333. The van der Waals surface area contributed by atoms with E-state index >= 15 is 0 Å². The van der Waals surface area contributed by atoms with E-state index in [0.29, 0.717) is 49.8 Å². The average Bonchev–Trinajstić information content (AvgIpc) is 3.41. The first kappa shape index (κ1) is 27.0. The highest BCUT2D eigenvalue weighted by molar-refractivity contribution is 7.09. The van der Waals surface area contributed by atoms with Gasteiger partial charge in [-0.15, -0.1) is 11.3 Å². The Morgan fingerprint density at radius 3 is 2.22 bits per heavy atom. The SMILES string of the molecule is COCCCN(CC(=O)N(Cc1ccccc1)Cc1cccs1)C(=O)Nc1cc(OC)cc(OC)c1. The molecule has 1 N–H and O–H groups in total. The minimum atomic E-state index is -0.384. The summed E-state index contributed by atoms with van der Waals surface area (Å²) in [4.78, 5) is 31.2. The summed E-state index contributed by atoms with van der Waals surface area (Å²) >= 11 is 1.60. The van der Waals surface area contributed by atoms with Crippen molar-refractivity contribution in [3.05, 3.63) is 76.5 Å². The first-order chi connectivity index (χ1) is 17.5. The second-order valence-corrected chi connectivity index (χ2v) is 9.15. The van der Waals surface area contributed by atoms with Gasteiger partial charge in [0.1, 0.15) is 18.0 Å². The van der Waals surface area contributed by atoms with Gasteiger partial charge in [0.2, 0.25) is 5.91 Å². The van der Waals surface area contributed by atoms with Crippen LogP contribution < -0.4 is 14.8 Å². The molecule has 0 saturated carbocycles. The summed E-state index contributed by atoms with van der Waals surface area (Å²) in [6.07, 6.45) is 0.599. The van der Waals surface area contributed by atoms with Crippen molar-refractivity contribution in [3.63, 3.8) is 0 Å². The Bertz CT molecular complexity index is 1070. The van der Waals surface area contributed by atoms with Crippen LogP contribution >= 0.6 is 11.3 Å². The van der Waals surface area contributed by atoms with Crippen LogP contribution in [0.4, 0.5) is 10.5 Å². The van der Waals surface area contributed by atoms with Gasteiger partial charge in [-0.2, -0.15) is 0 Å². The number of ether oxygens (including phenoxy) is 3. The fourth-order valence-corrected chi connectivity index (χ4v) is 4.34. The highest BCUT2D eigenvalue weighted by Crippen LogP contribution is 2.26. The highest BCUT2D eigenvalue weighted by atomic mass is 32.1. The van der Waals surface area contributed by atoms with Gasteiger partial charge in [-0.1, -0.05) is 36.4 Å². The Morgan fingerprint density at radius 1 is 0.889 bits per heavy atom. The van der Waals surface area contributed by atoms with E-state index in [2.05, 4.69) is 5.32 Å². The Morgan fingerprint density at radius 2 is 1.61 bits per heavy atom. The molecule has 0 spiro atoms. The summed E-state index contributed by atoms with van der Waals surface area (Å²) in [6.45, 7) is 1.72. The molecule has 0 atom stereocenters. The molecule has 1 aromatic heterocycles. The van der Waals surface area contributed by atoms with Gasteiger partial charge in [-0.25, -0.2) is 4.79 Å². The summed E-state index contributed by atoms with van der Waals surface area (Å²) in [7, 11) is 4.71. The van der Waals surface area contributed by atoms with Gasteiger partial charge in [0.05, 0.1) is 20.8 Å². The number of anilines is 1. The van der Waals surface area contributed by atoms with E-state index in [1.54, 1.807) is 55.8 Å². The van der Waals surface area contributed by atoms with Crippen molar-refractivity contribution in [1.82, 2.24) is 9.80 Å². The molecule has 36 heavy (non-hydrogen) atoms. The van der Waals surface area contributed by atoms with Crippen molar-refractivity contribution in [2.24, 2.45) is 0 Å². The smallest absolute Gasteiger partial charge is 0.322 e. The third-order valence-electron chi connectivity index (χ3n) is 5.49. The van der Waals surface area contributed by atoms with E-state index in [1.165, 1.54) is 4.90 Å². The molecule has 1 heterocycles. The molecular weight excluding hydrogens is 478 g/mol. The maximum atomic E-state index is 13.5. The Labute approximate surface area is 216 Å². The molecule has 8 nitrogen and oxygen atoms in total. The van der Waals surface area contributed by atoms with Crippen molar-refractivity contribution in [2.45, 2.75) is 19.5 Å². The molecule has 0 fully saturated rings. The average molecular weight is 512 g/mol. The molecular formula is C27H33N3O5S. The molecule has 0 aliphatic rings. The van der Waals surface area contributed by atoms with Crippen molar-refractivity contribution in [2.75, 3.05) is 46.3 Å². The van der Waals surface area contributed by atoms with Gasteiger partial charge in [0, 0.05) is 55.6 Å². The van der Waals surface area contributed by atoms with E-state index < -0.39 is 0 Å². The number of carbonyl (C=O) groups excluding carboxylic acids is 2. The van der Waals surface area contributed by atoms with E-state index in [9.17, 15) is 9.59 Å². The lowest BCUT2D eigenvalue weighted by Crippen LogP contribution is -2.44. The van der Waals surface area contributed by atoms with E-state index in [1.807, 2.05) is 47.8 Å². The van der Waals surface area contributed by atoms with Crippen LogP contribution in [-0.2, 0) is 22.6 Å². The van der Waals surface area contributed by atoms with Gasteiger partial charge in [-0.05, 0) is 23.4 Å². The molecule has 3 aromatic rings. The largest absolute Gasteiger partial charge is 0.497 e. The number of urea groups is 1. The maximum absolute atomic E-state index is 13.5. The first-order valence-corrected chi connectivity index (χ1v) is 12.5. The van der Waals surface area contributed by atoms with E-state index in [-0.39, 0.29) is 18.5 Å².